The zero-order valence-electron chi connectivity index (χ0n) is 4.67. The fourth-order valence-electron chi connectivity index (χ4n) is 0. The molecule has 0 aliphatic heterocycles. The van der Waals surface area contributed by atoms with Crippen molar-refractivity contribution in [3.05, 3.63) is 0 Å². The van der Waals surface area contributed by atoms with Gasteiger partial charge in [-0.15, -0.1) is 0 Å². The molecule has 11 heavy (non-hydrogen) atoms. The maximum Gasteiger partial charge on any atom is 0.0870 e. The Balaban J connectivity index is 0. The van der Waals surface area contributed by atoms with E-state index in [1.807, 2.05) is 0 Å². The normalized spacial score (nSPS) is 9.27. The summed E-state index contributed by atoms with van der Waals surface area (Å²) in [6.07, 6.45) is 0. The highest BCUT2D eigenvalue weighted by atomic mass is 32.3. The van der Waals surface area contributed by atoms with Crippen LogP contribution in [0.15, 0.2) is 0 Å². The third kappa shape index (κ3) is 51.7. The molecule has 0 bridgehead atoms. The summed E-state index contributed by atoms with van der Waals surface area (Å²) < 4.78 is 34.1. The van der Waals surface area contributed by atoms with Crippen LogP contribution < -0.4 is 10.2 Å². The van der Waals surface area contributed by atoms with Crippen LogP contribution in [0, 0.1) is 0 Å². The predicted octanol–water partition coefficient (Wildman–Crippen LogP) is -4.85. The highest BCUT2D eigenvalue weighted by Crippen LogP contribution is 1.57. The van der Waals surface area contributed by atoms with Crippen LogP contribution in [-0.4, -0.2) is 29.5 Å². The molecule has 0 aromatic rings. The first-order valence-corrected chi connectivity index (χ1v) is 3.07. The number of rotatable bonds is 0. The first kappa shape index (κ1) is 12.5. The van der Waals surface area contributed by atoms with Gasteiger partial charge in [-0.05, 0) is 0 Å². The lowest BCUT2D eigenvalue weighted by molar-refractivity contribution is -0.345. The van der Waals surface area contributed by atoms with Gasteiger partial charge in [0.05, 0.1) is 11.9 Å². The Kier molecular flexibility index (Phi) is 5.22. The van der Waals surface area contributed by atoms with Crippen LogP contribution in [0.1, 0.15) is 0 Å². The number of carbonyl (C=O) groups is 2. The molecule has 0 atom stereocenters. The first-order chi connectivity index (χ1) is 4.64. The highest BCUT2D eigenvalue weighted by Gasteiger charge is 1.74. The third-order valence-corrected chi connectivity index (χ3v) is 0.167. The Bertz CT molecular complexity index is 215. The van der Waals surface area contributed by atoms with E-state index in [4.69, 9.17) is 37.3 Å². The first-order valence-electron chi connectivity index (χ1n) is 1.73. The quantitative estimate of drug-likeness (QED) is 0.205. The summed E-state index contributed by atoms with van der Waals surface area (Å²) in [4.78, 5) is 17.9. The molecule has 0 rings (SSSR count). The Labute approximate surface area is 60.7 Å². The molecule has 0 aliphatic carbocycles. The Hall–Kier alpha value is -1.19. The standard InChI is InChI=1S/C2H2O4.H2O4S/c3-1(4)2(5)6;1-5(2,3)4/h(H,3,4)(H,5,6);(H2,1,2,3,4)/p-4. The molecule has 0 radical (unpaired) electrons. The molecule has 9 heteroatoms. The number of hydrogen-bond acceptors (Lipinski definition) is 8. The van der Waals surface area contributed by atoms with Crippen LogP contribution in [0.4, 0.5) is 0 Å². The number of aliphatic carboxylic acids is 2. The molecule has 0 N–H and O–H groups in total. The summed E-state index contributed by atoms with van der Waals surface area (Å²) in [6.45, 7) is 0. The van der Waals surface area contributed by atoms with Crippen LogP contribution in [0.5, 0.6) is 0 Å². The van der Waals surface area contributed by atoms with E-state index in [1.165, 1.54) is 0 Å². The molecule has 0 unspecified atom stereocenters. The maximum absolute atomic E-state index is 8.93. The maximum atomic E-state index is 8.93. The summed E-state index contributed by atoms with van der Waals surface area (Å²) in [5, 5.41) is 17.9. The van der Waals surface area contributed by atoms with Crippen LogP contribution >= 0.6 is 0 Å². The van der Waals surface area contributed by atoms with Gasteiger partial charge in [0, 0.05) is 10.4 Å². The zero-order chi connectivity index (χ0) is 9.65. The van der Waals surface area contributed by atoms with Crippen LogP contribution in [0.2, 0.25) is 0 Å². The van der Waals surface area contributed by atoms with Gasteiger partial charge in [-0.1, -0.05) is 0 Å². The molecular formula is C2O8S-4. The molecule has 0 saturated carbocycles. The van der Waals surface area contributed by atoms with Gasteiger partial charge >= 0.3 is 0 Å². The Morgan fingerprint density at radius 3 is 1.00 bits per heavy atom. The number of carboxylic acid groups (broad SMARTS) is 2. The van der Waals surface area contributed by atoms with Crippen LogP contribution in [0.25, 0.3) is 0 Å². The van der Waals surface area contributed by atoms with Gasteiger partial charge in [0.2, 0.25) is 0 Å². The van der Waals surface area contributed by atoms with Crippen molar-refractivity contribution < 1.29 is 37.3 Å². The van der Waals surface area contributed by atoms with Crippen molar-refractivity contribution in [2.24, 2.45) is 0 Å². The fourth-order valence-corrected chi connectivity index (χ4v) is 0. The number of carbonyl (C=O) groups excluding carboxylic acids is 2. The minimum absolute atomic E-state index is 2.19. The fraction of sp³-hybridized carbons (Fsp3) is 0. The van der Waals surface area contributed by atoms with E-state index in [2.05, 4.69) is 0 Å². The lowest BCUT2D eigenvalue weighted by Gasteiger charge is -2.06. The van der Waals surface area contributed by atoms with Gasteiger partial charge < -0.3 is 28.9 Å². The topological polar surface area (TPSA) is 161 Å². The van der Waals surface area contributed by atoms with Gasteiger partial charge in [-0.3, -0.25) is 8.42 Å². The largest absolute Gasteiger partial charge is 0.759 e. The van der Waals surface area contributed by atoms with E-state index in [1.54, 1.807) is 0 Å². The predicted molar refractivity (Wildman–Crippen MR) is 20.5 cm³/mol. The van der Waals surface area contributed by atoms with Crippen molar-refractivity contribution in [2.75, 3.05) is 0 Å². The van der Waals surface area contributed by atoms with E-state index < -0.39 is 22.3 Å². The van der Waals surface area contributed by atoms with E-state index in [9.17, 15) is 0 Å². The molecule has 0 heterocycles. The van der Waals surface area contributed by atoms with Gasteiger partial charge in [0.15, 0.2) is 0 Å². The highest BCUT2D eigenvalue weighted by molar-refractivity contribution is 7.79. The molecule has 0 fully saturated rings. The van der Waals surface area contributed by atoms with E-state index >= 15 is 0 Å². The lowest BCUT2D eigenvalue weighted by atomic mass is 10.7. The molecule has 0 saturated heterocycles. The summed E-state index contributed by atoms with van der Waals surface area (Å²) in [5.41, 5.74) is 0. The Morgan fingerprint density at radius 1 is 0.909 bits per heavy atom. The molecular weight excluding hydrogens is 184 g/mol. The van der Waals surface area contributed by atoms with Gasteiger partial charge in [0.1, 0.15) is 0 Å². The average Bonchev–Trinajstić information content (AvgIpc) is 1.59. The number of hydrogen-bond donors (Lipinski definition) is 0. The van der Waals surface area contributed by atoms with E-state index in [0.29, 0.717) is 0 Å². The van der Waals surface area contributed by atoms with Gasteiger partial charge in [0.25, 0.3) is 0 Å². The van der Waals surface area contributed by atoms with Crippen molar-refractivity contribution >= 4 is 22.3 Å². The second-order valence-electron chi connectivity index (χ2n) is 0.983. The SMILES string of the molecule is O=C([O-])C(=O)[O-].O=S(=O)([O-])[O-]. The van der Waals surface area contributed by atoms with Crippen molar-refractivity contribution in [2.45, 2.75) is 0 Å². The summed E-state index contributed by atoms with van der Waals surface area (Å²) in [5.74, 6) is -4.37. The lowest BCUT2D eigenvalue weighted by Crippen LogP contribution is -2.42. The third-order valence-electron chi connectivity index (χ3n) is 0.167. The molecule has 0 aliphatic rings. The minimum atomic E-state index is -5.17. The second-order valence-corrected chi connectivity index (χ2v) is 1.80. The van der Waals surface area contributed by atoms with Crippen LogP contribution in [-0.2, 0) is 20.0 Å². The summed E-state index contributed by atoms with van der Waals surface area (Å²) >= 11 is 0. The van der Waals surface area contributed by atoms with E-state index in [-0.39, 0.29) is 0 Å². The van der Waals surface area contributed by atoms with Gasteiger partial charge in [-0.25, -0.2) is 0 Å². The van der Waals surface area contributed by atoms with Crippen LogP contribution in [0.3, 0.4) is 0 Å². The molecule has 8 nitrogen and oxygen atoms in total. The summed E-state index contributed by atoms with van der Waals surface area (Å²) in [7, 11) is -5.17. The smallest absolute Gasteiger partial charge is 0.0870 e. The zero-order valence-corrected chi connectivity index (χ0v) is 5.49. The molecule has 0 aromatic heterocycles. The van der Waals surface area contributed by atoms with Gasteiger partial charge in [-0.2, -0.15) is 0 Å². The summed E-state index contributed by atoms with van der Waals surface area (Å²) in [6, 6.07) is 0. The Morgan fingerprint density at radius 2 is 1.00 bits per heavy atom. The van der Waals surface area contributed by atoms with E-state index in [0.717, 1.165) is 0 Å². The average molecular weight is 184 g/mol. The van der Waals surface area contributed by atoms with Crippen molar-refractivity contribution in [3.8, 4) is 0 Å². The number of carboxylic acids is 2. The molecule has 66 valence electrons. The molecule has 0 amide bonds. The van der Waals surface area contributed by atoms with Crippen molar-refractivity contribution in [3.63, 3.8) is 0 Å². The molecule has 0 spiro atoms. The monoisotopic (exact) mass is 184 g/mol. The minimum Gasteiger partial charge on any atom is -0.759 e. The second kappa shape index (κ2) is 4.60. The molecule has 0 aromatic carbocycles. The van der Waals surface area contributed by atoms with Crippen molar-refractivity contribution in [1.29, 1.82) is 0 Å². The van der Waals surface area contributed by atoms with Crippen molar-refractivity contribution in [1.82, 2.24) is 0 Å².